The largest absolute Gasteiger partial charge is 0.377 e. The highest BCUT2D eigenvalue weighted by Crippen LogP contribution is 2.10. The Hall–Kier alpha value is -0.810. The maximum Gasteiger partial charge on any atom is 0.208 e. The van der Waals surface area contributed by atoms with Crippen molar-refractivity contribution in [1.29, 1.82) is 0 Å². The molecule has 1 heterocycles. The molecule has 0 radical (unpaired) electrons. The molecule has 5 heteroatoms. The van der Waals surface area contributed by atoms with Crippen LogP contribution in [0.4, 0.5) is 0 Å². The first-order chi connectivity index (χ1) is 7.83. The lowest BCUT2D eigenvalue weighted by molar-refractivity contribution is 0.0234. The van der Waals surface area contributed by atoms with Crippen LogP contribution in [0, 0.1) is 0 Å². The number of morpholine rings is 1. The number of nitrogens with zero attached hydrogens (tertiary/aromatic N) is 2. The van der Waals surface area contributed by atoms with Gasteiger partial charge in [-0.15, -0.1) is 0 Å². The minimum Gasteiger partial charge on any atom is -0.377 e. The van der Waals surface area contributed by atoms with Crippen molar-refractivity contribution in [3.8, 4) is 0 Å². The summed E-state index contributed by atoms with van der Waals surface area (Å²) in [4.78, 5) is 6.73. The van der Waals surface area contributed by atoms with Gasteiger partial charge in [-0.25, -0.2) is 5.84 Å². The van der Waals surface area contributed by atoms with Crippen molar-refractivity contribution < 1.29 is 4.74 Å². The number of unbranched alkanes of at least 4 members (excludes halogenated alkanes) is 1. The molecule has 16 heavy (non-hydrogen) atoms. The van der Waals surface area contributed by atoms with Crippen LogP contribution < -0.4 is 11.3 Å². The molecule has 1 fully saturated rings. The Labute approximate surface area is 98.0 Å². The van der Waals surface area contributed by atoms with Crippen molar-refractivity contribution in [1.82, 2.24) is 10.3 Å². The van der Waals surface area contributed by atoms with Gasteiger partial charge in [-0.2, -0.15) is 0 Å². The van der Waals surface area contributed by atoms with Crippen LogP contribution in [0.1, 0.15) is 33.1 Å². The predicted molar refractivity (Wildman–Crippen MR) is 66.1 cm³/mol. The minimum atomic E-state index is 0.394. The molecule has 1 aliphatic rings. The number of nitrogens with one attached hydrogen (secondary N) is 1. The van der Waals surface area contributed by atoms with Gasteiger partial charge < -0.3 is 9.64 Å². The lowest BCUT2D eigenvalue weighted by Gasteiger charge is -2.36. The summed E-state index contributed by atoms with van der Waals surface area (Å²) in [6.07, 6.45) is 3.31. The molecule has 1 saturated heterocycles. The van der Waals surface area contributed by atoms with Crippen molar-refractivity contribution in [3.63, 3.8) is 0 Å². The van der Waals surface area contributed by atoms with Gasteiger partial charge in [0.15, 0.2) is 0 Å². The zero-order chi connectivity index (χ0) is 11.8. The molecule has 3 N–H and O–H groups in total. The molecule has 0 aliphatic carbocycles. The topological polar surface area (TPSA) is 62.9 Å². The third-order valence-electron chi connectivity index (χ3n) is 2.87. The average Bonchev–Trinajstić information content (AvgIpc) is 2.35. The fourth-order valence-electron chi connectivity index (χ4n) is 1.83. The third kappa shape index (κ3) is 3.64. The second-order valence-corrected chi connectivity index (χ2v) is 4.03. The zero-order valence-corrected chi connectivity index (χ0v) is 10.4. The molecule has 94 valence electrons. The Morgan fingerprint density at radius 3 is 3.00 bits per heavy atom. The number of hydrazine groups is 1. The first-order valence-corrected chi connectivity index (χ1v) is 6.18. The molecule has 0 aromatic carbocycles. The normalized spacial score (nSPS) is 22.3. The Balaban J connectivity index is 2.57. The van der Waals surface area contributed by atoms with E-state index in [1.54, 1.807) is 0 Å². The summed E-state index contributed by atoms with van der Waals surface area (Å²) >= 11 is 0. The monoisotopic (exact) mass is 228 g/mol. The Bertz CT molecular complexity index is 220. The molecule has 5 nitrogen and oxygen atoms in total. The second kappa shape index (κ2) is 7.46. The highest BCUT2D eigenvalue weighted by Gasteiger charge is 2.23. The SMILES string of the molecule is CCCCN=C(NN)N1CCOCC1CC. The van der Waals surface area contributed by atoms with E-state index in [1.807, 2.05) is 0 Å². The molecule has 0 amide bonds. The van der Waals surface area contributed by atoms with Crippen LogP contribution in [-0.2, 0) is 4.74 Å². The summed E-state index contributed by atoms with van der Waals surface area (Å²) in [5.41, 5.74) is 2.72. The summed E-state index contributed by atoms with van der Waals surface area (Å²) in [6.45, 7) is 7.55. The zero-order valence-electron chi connectivity index (χ0n) is 10.4. The van der Waals surface area contributed by atoms with E-state index in [2.05, 4.69) is 29.2 Å². The fraction of sp³-hybridized carbons (Fsp3) is 0.909. The number of hydrogen-bond acceptors (Lipinski definition) is 3. The summed E-state index contributed by atoms with van der Waals surface area (Å²) in [6, 6.07) is 0.394. The van der Waals surface area contributed by atoms with Gasteiger partial charge in [0.05, 0.1) is 19.3 Å². The van der Waals surface area contributed by atoms with Crippen molar-refractivity contribution in [2.24, 2.45) is 10.8 Å². The van der Waals surface area contributed by atoms with Crippen LogP contribution in [0.25, 0.3) is 0 Å². The van der Waals surface area contributed by atoms with Gasteiger partial charge in [-0.1, -0.05) is 20.3 Å². The third-order valence-corrected chi connectivity index (χ3v) is 2.87. The predicted octanol–water partition coefficient (Wildman–Crippen LogP) is 0.717. The molecule has 0 aromatic rings. The highest BCUT2D eigenvalue weighted by atomic mass is 16.5. The smallest absolute Gasteiger partial charge is 0.208 e. The summed E-state index contributed by atoms with van der Waals surface area (Å²) in [7, 11) is 0. The lowest BCUT2D eigenvalue weighted by Crippen LogP contribution is -2.54. The standard InChI is InChI=1S/C11H24N4O/c1-3-5-6-13-11(14-12)15-7-8-16-9-10(15)4-2/h10H,3-9,12H2,1-2H3,(H,13,14). The fourth-order valence-corrected chi connectivity index (χ4v) is 1.83. The van der Waals surface area contributed by atoms with Crippen molar-refractivity contribution in [2.75, 3.05) is 26.3 Å². The van der Waals surface area contributed by atoms with E-state index in [0.717, 1.165) is 51.5 Å². The van der Waals surface area contributed by atoms with E-state index in [4.69, 9.17) is 10.6 Å². The Kier molecular flexibility index (Phi) is 6.18. The molecule has 0 saturated carbocycles. The van der Waals surface area contributed by atoms with Gasteiger partial charge >= 0.3 is 0 Å². The van der Waals surface area contributed by atoms with Crippen LogP contribution in [0.5, 0.6) is 0 Å². The van der Waals surface area contributed by atoms with Crippen molar-refractivity contribution in [2.45, 2.75) is 39.2 Å². The van der Waals surface area contributed by atoms with E-state index in [1.165, 1.54) is 0 Å². The lowest BCUT2D eigenvalue weighted by atomic mass is 10.2. The minimum absolute atomic E-state index is 0.394. The van der Waals surface area contributed by atoms with E-state index < -0.39 is 0 Å². The first-order valence-electron chi connectivity index (χ1n) is 6.18. The number of hydrogen-bond donors (Lipinski definition) is 2. The van der Waals surface area contributed by atoms with Crippen molar-refractivity contribution >= 4 is 5.96 Å². The van der Waals surface area contributed by atoms with Gasteiger partial charge in [0, 0.05) is 13.1 Å². The first kappa shape index (κ1) is 13.3. The van der Waals surface area contributed by atoms with E-state index in [-0.39, 0.29) is 0 Å². The van der Waals surface area contributed by atoms with Crippen LogP contribution in [0.15, 0.2) is 4.99 Å². The molecular weight excluding hydrogens is 204 g/mol. The molecule has 1 unspecified atom stereocenters. The molecular formula is C11H24N4O. The number of guanidine groups is 1. The van der Waals surface area contributed by atoms with E-state index in [9.17, 15) is 0 Å². The van der Waals surface area contributed by atoms with Gasteiger partial charge in [-0.3, -0.25) is 10.4 Å². The molecule has 1 aliphatic heterocycles. The Morgan fingerprint density at radius 2 is 2.38 bits per heavy atom. The molecule has 1 atom stereocenters. The van der Waals surface area contributed by atoms with Crippen molar-refractivity contribution in [3.05, 3.63) is 0 Å². The summed E-state index contributed by atoms with van der Waals surface area (Å²) in [5.74, 6) is 6.35. The van der Waals surface area contributed by atoms with Crippen LogP contribution >= 0.6 is 0 Å². The van der Waals surface area contributed by atoms with Crippen LogP contribution in [-0.4, -0.2) is 43.2 Å². The number of nitrogens with two attached hydrogens (primary N) is 1. The average molecular weight is 228 g/mol. The molecule has 0 aromatic heterocycles. The molecule has 0 bridgehead atoms. The Morgan fingerprint density at radius 1 is 1.56 bits per heavy atom. The quantitative estimate of drug-likeness (QED) is 0.245. The van der Waals surface area contributed by atoms with E-state index in [0.29, 0.717) is 6.04 Å². The van der Waals surface area contributed by atoms with Gasteiger partial charge in [0.1, 0.15) is 0 Å². The summed E-state index contributed by atoms with van der Waals surface area (Å²) < 4.78 is 5.46. The number of ether oxygens (including phenoxy) is 1. The van der Waals surface area contributed by atoms with Crippen LogP contribution in [0.2, 0.25) is 0 Å². The molecule has 1 rings (SSSR count). The maximum absolute atomic E-state index is 5.54. The van der Waals surface area contributed by atoms with E-state index >= 15 is 0 Å². The van der Waals surface area contributed by atoms with Gasteiger partial charge in [0.2, 0.25) is 5.96 Å². The second-order valence-electron chi connectivity index (χ2n) is 4.03. The van der Waals surface area contributed by atoms with Gasteiger partial charge in [-0.05, 0) is 12.8 Å². The summed E-state index contributed by atoms with van der Waals surface area (Å²) in [5, 5.41) is 0. The highest BCUT2D eigenvalue weighted by molar-refractivity contribution is 5.79. The number of rotatable bonds is 4. The maximum atomic E-state index is 5.54. The van der Waals surface area contributed by atoms with Crippen LogP contribution in [0.3, 0.4) is 0 Å². The number of aliphatic imine (C=N–C) groups is 1. The molecule has 0 spiro atoms. The van der Waals surface area contributed by atoms with Gasteiger partial charge in [0.25, 0.3) is 0 Å².